The van der Waals surface area contributed by atoms with Crippen molar-refractivity contribution in [2.45, 2.75) is 51.7 Å². The molecule has 1 atom stereocenters. The number of halogens is 3. The fourth-order valence-corrected chi connectivity index (χ4v) is 5.75. The van der Waals surface area contributed by atoms with E-state index in [4.69, 9.17) is 39.5 Å². The fraction of sp³-hybridized carbons (Fsp3) is 0.536. The molecular weight excluding hydrogens is 517 g/mol. The summed E-state index contributed by atoms with van der Waals surface area (Å²) in [6, 6.07) is 14.0. The maximum atomic E-state index is 12.4. The summed E-state index contributed by atoms with van der Waals surface area (Å²) in [6.07, 6.45) is 3.00. The van der Waals surface area contributed by atoms with Crippen LogP contribution in [0.25, 0.3) is 0 Å². The van der Waals surface area contributed by atoms with Gasteiger partial charge < -0.3 is 14.5 Å². The first-order chi connectivity index (χ1) is 17.1. The SMILES string of the molecule is CC(C)(C)OC(=O)N1CCC(CCN2CCN(c3ccc(Cl)cc3Cl)[C@H](c3ccc(Cl)cc3)C2)CC1. The number of hydrogen-bond acceptors (Lipinski definition) is 4. The monoisotopic (exact) mass is 551 g/mol. The molecule has 0 radical (unpaired) electrons. The Balaban J connectivity index is 1.36. The van der Waals surface area contributed by atoms with E-state index < -0.39 is 5.60 Å². The van der Waals surface area contributed by atoms with Crippen LogP contribution in [0, 0.1) is 5.92 Å². The molecule has 0 aromatic heterocycles. The maximum absolute atomic E-state index is 12.4. The Morgan fingerprint density at radius 2 is 1.61 bits per heavy atom. The van der Waals surface area contributed by atoms with Crippen molar-refractivity contribution in [1.29, 1.82) is 0 Å². The largest absolute Gasteiger partial charge is 0.444 e. The number of ether oxygens (including phenoxy) is 1. The highest BCUT2D eigenvalue weighted by Gasteiger charge is 2.31. The van der Waals surface area contributed by atoms with Gasteiger partial charge in [-0.05, 0) is 88.4 Å². The number of benzene rings is 2. The van der Waals surface area contributed by atoms with Crippen molar-refractivity contribution in [3.8, 4) is 0 Å². The van der Waals surface area contributed by atoms with Crippen molar-refractivity contribution in [1.82, 2.24) is 9.80 Å². The lowest BCUT2D eigenvalue weighted by Crippen LogP contribution is -2.49. The average Bonchev–Trinajstić information content (AvgIpc) is 2.83. The number of anilines is 1. The van der Waals surface area contributed by atoms with E-state index in [1.165, 1.54) is 5.56 Å². The Hall–Kier alpha value is -1.66. The van der Waals surface area contributed by atoms with Crippen LogP contribution in [0.3, 0.4) is 0 Å². The summed E-state index contributed by atoms with van der Waals surface area (Å²) in [6.45, 7) is 11.1. The number of likely N-dealkylation sites (tertiary alicyclic amines) is 1. The van der Waals surface area contributed by atoms with Crippen LogP contribution in [0.5, 0.6) is 0 Å². The van der Waals surface area contributed by atoms with E-state index in [2.05, 4.69) is 21.9 Å². The third-order valence-electron chi connectivity index (χ3n) is 7.06. The Morgan fingerprint density at radius 3 is 2.25 bits per heavy atom. The molecule has 2 heterocycles. The van der Waals surface area contributed by atoms with E-state index in [1.807, 2.05) is 56.0 Å². The smallest absolute Gasteiger partial charge is 0.410 e. The summed E-state index contributed by atoms with van der Waals surface area (Å²) in [5, 5.41) is 2.05. The van der Waals surface area contributed by atoms with E-state index in [-0.39, 0.29) is 12.1 Å². The molecule has 2 aromatic rings. The third kappa shape index (κ3) is 7.22. The number of hydrogen-bond donors (Lipinski definition) is 0. The maximum Gasteiger partial charge on any atom is 0.410 e. The summed E-state index contributed by atoms with van der Waals surface area (Å²) in [5.74, 6) is 0.626. The molecule has 36 heavy (non-hydrogen) atoms. The standard InChI is InChI=1S/C28H36Cl3N3O2/c1-28(2,3)36-27(35)33-14-11-20(12-15-33)10-13-32-16-17-34(25-9-8-23(30)18-24(25)31)26(19-32)21-4-6-22(29)7-5-21/h4-9,18,20,26H,10-17,19H2,1-3H3/t26-/m0/s1. The van der Waals surface area contributed by atoms with Crippen LogP contribution in [-0.2, 0) is 4.74 Å². The topological polar surface area (TPSA) is 36.0 Å². The lowest BCUT2D eigenvalue weighted by atomic mass is 9.93. The van der Waals surface area contributed by atoms with Crippen molar-refractivity contribution < 1.29 is 9.53 Å². The van der Waals surface area contributed by atoms with Crippen LogP contribution in [0.15, 0.2) is 42.5 Å². The molecule has 1 amide bonds. The molecule has 0 N–H and O–H groups in total. The minimum atomic E-state index is -0.451. The summed E-state index contributed by atoms with van der Waals surface area (Å²) in [7, 11) is 0. The zero-order valence-electron chi connectivity index (χ0n) is 21.4. The Bertz CT molecular complexity index is 1030. The predicted molar refractivity (Wildman–Crippen MR) is 150 cm³/mol. The summed E-state index contributed by atoms with van der Waals surface area (Å²) in [4.78, 5) is 19.2. The second kappa shape index (κ2) is 11.8. The first-order valence-electron chi connectivity index (χ1n) is 12.8. The van der Waals surface area contributed by atoms with Crippen molar-refractivity contribution in [2.75, 3.05) is 44.2 Å². The van der Waals surface area contributed by atoms with Crippen molar-refractivity contribution >= 4 is 46.6 Å². The van der Waals surface area contributed by atoms with E-state index in [0.29, 0.717) is 16.0 Å². The number of amides is 1. The van der Waals surface area contributed by atoms with Gasteiger partial charge >= 0.3 is 6.09 Å². The van der Waals surface area contributed by atoms with Gasteiger partial charge in [0, 0.05) is 42.8 Å². The third-order valence-corrected chi connectivity index (χ3v) is 7.85. The second-order valence-electron chi connectivity index (χ2n) is 10.9. The number of piperidine rings is 1. The fourth-order valence-electron chi connectivity index (χ4n) is 5.11. The summed E-state index contributed by atoms with van der Waals surface area (Å²) >= 11 is 19.0. The van der Waals surface area contributed by atoms with Crippen LogP contribution in [0.1, 0.15) is 51.6 Å². The molecule has 2 aliphatic heterocycles. The van der Waals surface area contributed by atoms with Crippen LogP contribution in [-0.4, -0.2) is 60.8 Å². The molecule has 2 aliphatic rings. The van der Waals surface area contributed by atoms with E-state index in [9.17, 15) is 4.79 Å². The van der Waals surface area contributed by atoms with E-state index in [1.54, 1.807) is 0 Å². The molecule has 0 bridgehead atoms. The number of nitrogens with zero attached hydrogens (tertiary/aromatic N) is 3. The highest BCUT2D eigenvalue weighted by Crippen LogP contribution is 2.37. The van der Waals surface area contributed by atoms with Crippen LogP contribution in [0.2, 0.25) is 15.1 Å². The van der Waals surface area contributed by atoms with Crippen molar-refractivity contribution in [3.05, 3.63) is 63.1 Å². The number of carbonyl (C=O) groups is 1. The van der Waals surface area contributed by atoms with Gasteiger partial charge in [0.05, 0.1) is 16.8 Å². The zero-order valence-corrected chi connectivity index (χ0v) is 23.6. The lowest BCUT2D eigenvalue weighted by Gasteiger charge is -2.44. The Kier molecular flexibility index (Phi) is 8.98. The van der Waals surface area contributed by atoms with Crippen LogP contribution < -0.4 is 4.90 Å². The molecule has 2 aromatic carbocycles. The molecule has 0 saturated carbocycles. The average molecular weight is 553 g/mol. The normalized spacial score (nSPS) is 20.0. The van der Waals surface area contributed by atoms with Gasteiger partial charge in [0.25, 0.3) is 0 Å². The highest BCUT2D eigenvalue weighted by molar-refractivity contribution is 6.36. The molecule has 5 nitrogen and oxygen atoms in total. The summed E-state index contributed by atoms with van der Waals surface area (Å²) < 4.78 is 5.54. The molecule has 196 valence electrons. The van der Waals surface area contributed by atoms with Gasteiger partial charge in [0.15, 0.2) is 0 Å². The van der Waals surface area contributed by atoms with Gasteiger partial charge in [0.2, 0.25) is 0 Å². The van der Waals surface area contributed by atoms with Gasteiger partial charge in [-0.15, -0.1) is 0 Å². The molecule has 8 heteroatoms. The van der Waals surface area contributed by atoms with Gasteiger partial charge in [-0.2, -0.15) is 0 Å². The number of rotatable bonds is 5. The van der Waals surface area contributed by atoms with E-state index >= 15 is 0 Å². The van der Waals surface area contributed by atoms with Crippen molar-refractivity contribution in [2.24, 2.45) is 5.92 Å². The molecule has 0 aliphatic carbocycles. The van der Waals surface area contributed by atoms with Gasteiger partial charge in [-0.25, -0.2) is 4.79 Å². The lowest BCUT2D eigenvalue weighted by molar-refractivity contribution is 0.0177. The van der Waals surface area contributed by atoms with Gasteiger partial charge in [0.1, 0.15) is 5.60 Å². The minimum absolute atomic E-state index is 0.170. The minimum Gasteiger partial charge on any atom is -0.444 e. The molecule has 2 fully saturated rings. The quantitative estimate of drug-likeness (QED) is 0.384. The second-order valence-corrected chi connectivity index (χ2v) is 12.1. The highest BCUT2D eigenvalue weighted by atomic mass is 35.5. The molecule has 4 rings (SSSR count). The number of carbonyl (C=O) groups excluding carboxylic acids is 1. The first kappa shape index (κ1) is 27.4. The first-order valence-corrected chi connectivity index (χ1v) is 13.9. The Labute approximate surface area is 230 Å². The molecular formula is C28H36Cl3N3O2. The predicted octanol–water partition coefficient (Wildman–Crippen LogP) is 7.55. The molecule has 0 spiro atoms. The van der Waals surface area contributed by atoms with E-state index in [0.717, 1.165) is 69.2 Å². The summed E-state index contributed by atoms with van der Waals surface area (Å²) in [5.41, 5.74) is 1.78. The Morgan fingerprint density at radius 1 is 0.944 bits per heavy atom. The van der Waals surface area contributed by atoms with Crippen molar-refractivity contribution in [3.63, 3.8) is 0 Å². The zero-order chi connectivity index (χ0) is 25.9. The number of piperazine rings is 1. The van der Waals surface area contributed by atoms with Gasteiger partial charge in [-0.3, -0.25) is 4.90 Å². The van der Waals surface area contributed by atoms with Crippen LogP contribution >= 0.6 is 34.8 Å². The van der Waals surface area contributed by atoms with Gasteiger partial charge in [-0.1, -0.05) is 46.9 Å². The molecule has 2 saturated heterocycles. The van der Waals surface area contributed by atoms with Crippen LogP contribution in [0.4, 0.5) is 10.5 Å². The molecule has 0 unspecified atom stereocenters.